The SMILES string of the molecule is CCCCOS(=O)(=O)c1ccccc1O.[H-].[Na+]. The van der Waals surface area contributed by atoms with Gasteiger partial charge in [-0.25, -0.2) is 0 Å². The van der Waals surface area contributed by atoms with Gasteiger partial charge in [-0.1, -0.05) is 25.5 Å². The van der Waals surface area contributed by atoms with Crippen molar-refractivity contribution in [2.75, 3.05) is 6.61 Å². The predicted molar refractivity (Wildman–Crippen MR) is 57.3 cm³/mol. The van der Waals surface area contributed by atoms with Crippen molar-refractivity contribution >= 4 is 10.1 Å². The Hall–Kier alpha value is -0.0700. The van der Waals surface area contributed by atoms with Gasteiger partial charge < -0.3 is 6.53 Å². The van der Waals surface area contributed by atoms with Gasteiger partial charge in [0, 0.05) is 0 Å². The number of phenols is 1. The molecular formula is C10H15NaO4S. The van der Waals surface area contributed by atoms with Gasteiger partial charge in [0.1, 0.15) is 10.6 Å². The Balaban J connectivity index is 0. The smallest absolute Gasteiger partial charge is 1.00 e. The van der Waals surface area contributed by atoms with Crippen molar-refractivity contribution in [3.8, 4) is 5.75 Å². The molecule has 0 aromatic heterocycles. The van der Waals surface area contributed by atoms with Crippen LogP contribution in [0.15, 0.2) is 29.2 Å². The summed E-state index contributed by atoms with van der Waals surface area (Å²) in [7, 11) is -3.81. The third-order valence-corrected chi connectivity index (χ3v) is 3.23. The van der Waals surface area contributed by atoms with Gasteiger partial charge in [0.25, 0.3) is 0 Å². The number of hydrogen-bond donors (Lipinski definition) is 1. The van der Waals surface area contributed by atoms with Gasteiger partial charge >= 0.3 is 39.7 Å². The molecule has 86 valence electrons. The van der Waals surface area contributed by atoms with E-state index in [1.807, 2.05) is 6.92 Å². The Kier molecular flexibility index (Phi) is 7.26. The Bertz CT molecular complexity index is 422. The summed E-state index contributed by atoms with van der Waals surface area (Å²) in [6.07, 6.45) is 1.53. The van der Waals surface area contributed by atoms with Crippen LogP contribution in [0, 0.1) is 0 Å². The Morgan fingerprint density at radius 1 is 1.38 bits per heavy atom. The number of aromatic hydroxyl groups is 1. The van der Waals surface area contributed by atoms with Crippen LogP contribution in [0.3, 0.4) is 0 Å². The van der Waals surface area contributed by atoms with Crippen LogP contribution in [0.1, 0.15) is 21.2 Å². The van der Waals surface area contributed by atoms with Crippen LogP contribution in [-0.2, 0) is 14.3 Å². The minimum absolute atomic E-state index is 0. The fourth-order valence-corrected chi connectivity index (χ4v) is 2.08. The predicted octanol–water partition coefficient (Wildman–Crippen LogP) is -0.986. The van der Waals surface area contributed by atoms with Crippen molar-refractivity contribution in [2.45, 2.75) is 24.7 Å². The minimum atomic E-state index is -3.81. The van der Waals surface area contributed by atoms with E-state index < -0.39 is 10.1 Å². The Morgan fingerprint density at radius 2 is 2.00 bits per heavy atom. The largest absolute Gasteiger partial charge is 1.00 e. The van der Waals surface area contributed by atoms with Gasteiger partial charge in [-0.2, -0.15) is 8.42 Å². The van der Waals surface area contributed by atoms with Gasteiger partial charge in [-0.15, -0.1) is 0 Å². The molecule has 0 bridgehead atoms. The summed E-state index contributed by atoms with van der Waals surface area (Å²) in [6.45, 7) is 2.09. The zero-order valence-corrected chi connectivity index (χ0v) is 12.3. The topological polar surface area (TPSA) is 63.6 Å². The molecule has 4 nitrogen and oxygen atoms in total. The zero-order chi connectivity index (χ0) is 11.3. The maximum atomic E-state index is 11.5. The first-order chi connectivity index (χ1) is 7.08. The average Bonchev–Trinajstić information content (AvgIpc) is 2.18. The average molecular weight is 254 g/mol. The first-order valence-electron chi connectivity index (χ1n) is 4.75. The summed E-state index contributed by atoms with van der Waals surface area (Å²) in [4.78, 5) is -0.180. The number of para-hydroxylation sites is 1. The molecule has 0 spiro atoms. The first kappa shape index (κ1) is 15.9. The summed E-state index contributed by atoms with van der Waals surface area (Å²) in [5.74, 6) is -0.283. The van der Waals surface area contributed by atoms with Crippen LogP contribution in [0.4, 0.5) is 0 Å². The molecule has 0 saturated carbocycles. The van der Waals surface area contributed by atoms with Crippen LogP contribution >= 0.6 is 0 Å². The summed E-state index contributed by atoms with van der Waals surface area (Å²) in [5, 5.41) is 9.34. The molecule has 0 aliphatic rings. The third-order valence-electron chi connectivity index (χ3n) is 1.87. The second-order valence-electron chi connectivity index (χ2n) is 3.10. The molecule has 1 aromatic carbocycles. The van der Waals surface area contributed by atoms with E-state index in [9.17, 15) is 13.5 Å². The fraction of sp³-hybridized carbons (Fsp3) is 0.400. The summed E-state index contributed by atoms with van der Waals surface area (Å²) < 4.78 is 27.8. The number of unbranched alkanes of at least 4 members (excludes halogenated alkanes) is 1. The molecule has 0 radical (unpaired) electrons. The van der Waals surface area contributed by atoms with Crippen molar-refractivity contribution in [1.82, 2.24) is 0 Å². The monoisotopic (exact) mass is 254 g/mol. The normalized spacial score (nSPS) is 10.8. The van der Waals surface area contributed by atoms with Gasteiger partial charge in [0.2, 0.25) is 0 Å². The van der Waals surface area contributed by atoms with Crippen LogP contribution < -0.4 is 29.6 Å². The molecule has 0 unspecified atom stereocenters. The second-order valence-corrected chi connectivity index (χ2v) is 4.68. The molecule has 0 aliphatic carbocycles. The molecule has 0 aliphatic heterocycles. The van der Waals surface area contributed by atoms with Crippen molar-refractivity contribution in [3.05, 3.63) is 24.3 Å². The molecule has 16 heavy (non-hydrogen) atoms. The molecule has 1 rings (SSSR count). The van der Waals surface area contributed by atoms with Crippen LogP contribution in [0.2, 0.25) is 0 Å². The van der Waals surface area contributed by atoms with Crippen molar-refractivity contribution in [3.63, 3.8) is 0 Å². The second kappa shape index (κ2) is 7.29. The third kappa shape index (κ3) is 4.43. The van der Waals surface area contributed by atoms with Crippen molar-refractivity contribution in [2.24, 2.45) is 0 Å². The van der Waals surface area contributed by atoms with E-state index in [4.69, 9.17) is 4.18 Å². The molecule has 0 fully saturated rings. The van der Waals surface area contributed by atoms with E-state index in [2.05, 4.69) is 0 Å². The summed E-state index contributed by atoms with van der Waals surface area (Å²) in [6, 6.07) is 5.73. The molecule has 1 N–H and O–H groups in total. The molecule has 0 amide bonds. The van der Waals surface area contributed by atoms with Gasteiger partial charge in [0.05, 0.1) is 6.61 Å². The van der Waals surface area contributed by atoms with Crippen molar-refractivity contribution < 1.29 is 48.7 Å². The number of hydrogen-bond acceptors (Lipinski definition) is 4. The van der Waals surface area contributed by atoms with Gasteiger partial charge in [0.15, 0.2) is 0 Å². The van der Waals surface area contributed by atoms with E-state index in [0.717, 1.165) is 6.42 Å². The number of phenolic OH excluding ortho intramolecular Hbond substituents is 1. The maximum Gasteiger partial charge on any atom is 1.00 e. The van der Waals surface area contributed by atoms with Crippen LogP contribution in [0.25, 0.3) is 0 Å². The standard InChI is InChI=1S/C10H14O4S.Na.H/c1-2-3-8-14-15(12,13)10-7-5-4-6-9(10)11;;/h4-7,11H,2-3,8H2,1H3;;/q;+1;-1. The molecule has 0 atom stereocenters. The molecule has 1 aromatic rings. The van der Waals surface area contributed by atoms with Gasteiger partial charge in [-0.05, 0) is 18.6 Å². The molecule has 0 heterocycles. The minimum Gasteiger partial charge on any atom is -1.00 e. The Labute approximate surface area is 120 Å². The van der Waals surface area contributed by atoms with E-state index >= 15 is 0 Å². The van der Waals surface area contributed by atoms with Gasteiger partial charge in [-0.3, -0.25) is 4.18 Å². The summed E-state index contributed by atoms with van der Waals surface area (Å²) >= 11 is 0. The zero-order valence-electron chi connectivity index (χ0n) is 10.5. The quantitative estimate of drug-likeness (QED) is 0.416. The molecular weight excluding hydrogens is 239 g/mol. The molecule has 6 heteroatoms. The maximum absolute atomic E-state index is 11.5. The fourth-order valence-electron chi connectivity index (χ4n) is 1.05. The number of rotatable bonds is 5. The Morgan fingerprint density at radius 3 is 2.56 bits per heavy atom. The van der Waals surface area contributed by atoms with E-state index in [-0.39, 0.29) is 48.2 Å². The van der Waals surface area contributed by atoms with E-state index in [1.165, 1.54) is 18.2 Å². The van der Waals surface area contributed by atoms with Crippen LogP contribution in [0.5, 0.6) is 5.75 Å². The van der Waals surface area contributed by atoms with Crippen LogP contribution in [-0.4, -0.2) is 20.1 Å². The van der Waals surface area contributed by atoms with E-state index in [0.29, 0.717) is 6.42 Å². The molecule has 0 saturated heterocycles. The first-order valence-corrected chi connectivity index (χ1v) is 6.16. The summed E-state index contributed by atoms with van der Waals surface area (Å²) in [5.41, 5.74) is 0. The number of benzene rings is 1. The van der Waals surface area contributed by atoms with E-state index in [1.54, 1.807) is 6.07 Å². The van der Waals surface area contributed by atoms with Crippen molar-refractivity contribution in [1.29, 1.82) is 0 Å².